The van der Waals surface area contributed by atoms with Crippen molar-refractivity contribution in [3.63, 3.8) is 0 Å². The molecule has 0 radical (unpaired) electrons. The van der Waals surface area contributed by atoms with Crippen molar-refractivity contribution in [3.05, 3.63) is 72.8 Å². The van der Waals surface area contributed by atoms with Crippen LogP contribution in [0.4, 0.5) is 17.1 Å². The molecule has 3 aromatic carbocycles. The maximum absolute atomic E-state index is 4.80. The molecule has 1 aromatic heterocycles. The molecular weight excluding hydrogens is 378 g/mol. The van der Waals surface area contributed by atoms with Crippen LogP contribution in [0.5, 0.6) is 0 Å². The van der Waals surface area contributed by atoms with E-state index in [1.54, 1.807) is 0 Å². The number of aromatic nitrogens is 1. The number of anilines is 2. The second-order valence-electron chi connectivity index (χ2n) is 7.32. The van der Waals surface area contributed by atoms with Gasteiger partial charge in [-0.3, -0.25) is 0 Å². The van der Waals surface area contributed by atoms with Crippen molar-refractivity contribution in [1.29, 1.82) is 0 Å². The number of pyridine rings is 1. The van der Waals surface area contributed by atoms with Crippen molar-refractivity contribution in [2.75, 3.05) is 11.9 Å². The average Bonchev–Trinajstić information content (AvgIpc) is 2.74. The summed E-state index contributed by atoms with van der Waals surface area (Å²) in [6.45, 7) is 3.41. The topological polar surface area (TPSA) is 41.5 Å². The Morgan fingerprint density at radius 1 is 0.759 bits per heavy atom. The molecule has 0 saturated carbocycles. The summed E-state index contributed by atoms with van der Waals surface area (Å²) < 4.78 is 0. The van der Waals surface area contributed by atoms with Crippen LogP contribution in [-0.2, 0) is 0 Å². The van der Waals surface area contributed by atoms with E-state index in [1.165, 1.54) is 31.4 Å². The van der Waals surface area contributed by atoms with Gasteiger partial charge in [0.15, 0.2) is 0 Å². The molecule has 4 heteroatoms. The lowest BCUT2D eigenvalue weighted by molar-refractivity contribution is -0.572. The van der Waals surface area contributed by atoms with Crippen molar-refractivity contribution in [3.8, 4) is 0 Å². The first kappa shape index (κ1) is 21.1. The summed E-state index contributed by atoms with van der Waals surface area (Å²) in [5, 5.41) is 8.28. The molecule has 0 atom stereocenters. The van der Waals surface area contributed by atoms with Crippen LogP contribution in [0.1, 0.15) is 32.6 Å². The smallest absolute Gasteiger partial charge is 0.129 e. The first-order valence-corrected chi connectivity index (χ1v) is 10.3. The molecule has 0 amide bonds. The number of halogens is 1. The standard InChI is InChI=1S/C25H27N3.ClH/c1-2-3-4-9-18-26-19-14-16-20(17-15-19)27-25-21-10-5-7-12-23(21)28-24-13-8-6-11-22(24)25;/h5-8,10-17,26H,2-4,9,18H2,1H3,(H,27,28);1H. The first-order valence-electron chi connectivity index (χ1n) is 10.3. The predicted molar refractivity (Wildman–Crippen MR) is 120 cm³/mol. The summed E-state index contributed by atoms with van der Waals surface area (Å²) >= 11 is 0. The Morgan fingerprint density at radius 3 is 2.00 bits per heavy atom. The number of unbranched alkanes of at least 4 members (excludes halogenated alkanes) is 3. The van der Waals surface area contributed by atoms with Gasteiger partial charge in [-0.1, -0.05) is 56.2 Å². The van der Waals surface area contributed by atoms with Crippen LogP contribution in [0.3, 0.4) is 0 Å². The molecule has 29 heavy (non-hydrogen) atoms. The van der Waals surface area contributed by atoms with Gasteiger partial charge in [0.05, 0.1) is 23.3 Å². The maximum atomic E-state index is 4.80. The molecular formula is C25H28ClN3. The zero-order valence-corrected chi connectivity index (χ0v) is 17.6. The minimum Gasteiger partial charge on any atom is -1.00 e. The highest BCUT2D eigenvalue weighted by Gasteiger charge is 2.09. The highest BCUT2D eigenvalue weighted by molar-refractivity contribution is 6.08. The molecule has 0 unspecified atom stereocenters. The van der Waals surface area contributed by atoms with Gasteiger partial charge in [-0.25, -0.2) is 4.98 Å². The summed E-state index contributed by atoms with van der Waals surface area (Å²) in [5.41, 5.74) is 5.55. The van der Waals surface area contributed by atoms with Gasteiger partial charge in [-0.2, -0.15) is 0 Å². The van der Waals surface area contributed by atoms with Crippen LogP contribution >= 0.6 is 0 Å². The van der Waals surface area contributed by atoms with Gasteiger partial charge < -0.3 is 23.0 Å². The molecule has 0 saturated heterocycles. The van der Waals surface area contributed by atoms with Crippen molar-refractivity contribution in [2.45, 2.75) is 32.6 Å². The zero-order valence-electron chi connectivity index (χ0n) is 16.9. The van der Waals surface area contributed by atoms with Gasteiger partial charge in [-0.05, 0) is 37.1 Å². The van der Waals surface area contributed by atoms with Gasteiger partial charge in [0.2, 0.25) is 0 Å². The van der Waals surface area contributed by atoms with E-state index in [0.717, 1.165) is 39.7 Å². The Hall–Kier alpha value is -2.62. The monoisotopic (exact) mass is 405 g/mol. The quantitative estimate of drug-likeness (QED) is 0.269. The minimum atomic E-state index is 0. The van der Waals surface area contributed by atoms with E-state index in [-0.39, 0.29) is 12.4 Å². The molecule has 3 N–H and O–H groups in total. The summed E-state index contributed by atoms with van der Waals surface area (Å²) in [7, 11) is 0. The Balaban J connectivity index is 0.00000240. The van der Waals surface area contributed by atoms with Crippen molar-refractivity contribution < 1.29 is 17.7 Å². The van der Waals surface area contributed by atoms with E-state index in [9.17, 15) is 0 Å². The van der Waals surface area contributed by atoms with E-state index < -0.39 is 0 Å². The van der Waals surface area contributed by atoms with Crippen LogP contribution in [0.15, 0.2) is 72.8 Å². The third-order valence-corrected chi connectivity index (χ3v) is 5.21. The van der Waals surface area contributed by atoms with Crippen LogP contribution in [0.25, 0.3) is 21.8 Å². The second kappa shape index (κ2) is 10.2. The van der Waals surface area contributed by atoms with Gasteiger partial charge in [0, 0.05) is 28.6 Å². The van der Waals surface area contributed by atoms with Gasteiger partial charge in [0.1, 0.15) is 5.69 Å². The summed E-state index contributed by atoms with van der Waals surface area (Å²) in [6.07, 6.45) is 5.24. The largest absolute Gasteiger partial charge is 1.00 e. The highest BCUT2D eigenvalue weighted by atomic mass is 35.5. The number of nitrogens with two attached hydrogens (primary N) is 1. The Bertz CT molecular complexity index is 1010. The molecule has 0 aliphatic rings. The molecule has 1 heterocycles. The van der Waals surface area contributed by atoms with Crippen LogP contribution in [0, 0.1) is 0 Å². The van der Waals surface area contributed by atoms with E-state index in [2.05, 4.69) is 78.2 Å². The zero-order chi connectivity index (χ0) is 19.2. The lowest BCUT2D eigenvalue weighted by Crippen LogP contribution is -3.00. The summed E-state index contributed by atoms with van der Waals surface area (Å²) in [4.78, 5) is 4.80. The van der Waals surface area contributed by atoms with Crippen LogP contribution < -0.4 is 23.0 Å². The fourth-order valence-electron chi connectivity index (χ4n) is 3.66. The fourth-order valence-corrected chi connectivity index (χ4v) is 3.66. The first-order chi connectivity index (χ1) is 13.8. The van der Waals surface area contributed by atoms with Crippen molar-refractivity contribution >= 4 is 38.9 Å². The Labute approximate surface area is 179 Å². The molecule has 4 aromatic rings. The summed E-state index contributed by atoms with van der Waals surface area (Å²) in [6, 6.07) is 25.4. The molecule has 0 aliphatic carbocycles. The lowest BCUT2D eigenvalue weighted by Gasteiger charge is -2.13. The number of nitrogens with zero attached hydrogens (tertiary/aromatic N) is 1. The number of hydrogen-bond acceptors (Lipinski definition) is 2. The number of para-hydroxylation sites is 2. The van der Waals surface area contributed by atoms with E-state index >= 15 is 0 Å². The number of rotatable bonds is 8. The lowest BCUT2D eigenvalue weighted by atomic mass is 10.1. The fraction of sp³-hybridized carbons (Fsp3) is 0.240. The molecule has 4 rings (SSSR count). The Kier molecular flexibility index (Phi) is 7.45. The number of fused-ring (bicyclic) bond motifs is 2. The van der Waals surface area contributed by atoms with Crippen molar-refractivity contribution in [1.82, 2.24) is 4.98 Å². The van der Waals surface area contributed by atoms with Crippen LogP contribution in [0.2, 0.25) is 0 Å². The molecule has 0 spiro atoms. The van der Waals surface area contributed by atoms with Gasteiger partial charge >= 0.3 is 0 Å². The number of benzene rings is 3. The number of hydrogen-bond donors (Lipinski definition) is 2. The van der Waals surface area contributed by atoms with E-state index in [4.69, 9.17) is 4.98 Å². The number of nitrogens with one attached hydrogen (secondary N) is 1. The normalized spacial score (nSPS) is 10.8. The molecule has 0 fully saturated rings. The SMILES string of the molecule is CCCCCC[NH2+]c1ccc(Nc2c3ccccc3nc3ccccc23)cc1.[Cl-]. The van der Waals surface area contributed by atoms with E-state index in [1.807, 2.05) is 12.1 Å². The third kappa shape index (κ3) is 5.06. The maximum Gasteiger partial charge on any atom is 0.129 e. The third-order valence-electron chi connectivity index (χ3n) is 5.21. The average molecular weight is 406 g/mol. The van der Waals surface area contributed by atoms with Crippen LogP contribution in [-0.4, -0.2) is 11.5 Å². The molecule has 0 bridgehead atoms. The molecule has 150 valence electrons. The minimum absolute atomic E-state index is 0. The van der Waals surface area contributed by atoms with Crippen molar-refractivity contribution in [2.24, 2.45) is 0 Å². The molecule has 3 nitrogen and oxygen atoms in total. The van der Waals surface area contributed by atoms with Gasteiger partial charge in [0.25, 0.3) is 0 Å². The highest BCUT2D eigenvalue weighted by Crippen LogP contribution is 2.32. The van der Waals surface area contributed by atoms with Gasteiger partial charge in [-0.15, -0.1) is 0 Å². The van der Waals surface area contributed by atoms with E-state index in [0.29, 0.717) is 0 Å². The Morgan fingerprint density at radius 2 is 1.38 bits per heavy atom. The second-order valence-corrected chi connectivity index (χ2v) is 7.32. The summed E-state index contributed by atoms with van der Waals surface area (Å²) in [5.74, 6) is 0. The molecule has 0 aliphatic heterocycles. The predicted octanol–water partition coefficient (Wildman–Crippen LogP) is 2.91. The number of quaternary nitrogens is 1.